The highest BCUT2D eigenvalue weighted by molar-refractivity contribution is 5.90. The summed E-state index contributed by atoms with van der Waals surface area (Å²) >= 11 is 0. The molecule has 1 saturated heterocycles. The van der Waals surface area contributed by atoms with Crippen LogP contribution in [0.15, 0.2) is 72.8 Å². The smallest absolute Gasteiger partial charge is 0.225 e. The molecule has 3 aromatic carbocycles. The van der Waals surface area contributed by atoms with Crippen LogP contribution in [-0.2, 0) is 16.1 Å². The van der Waals surface area contributed by atoms with Gasteiger partial charge in [0.05, 0.1) is 12.0 Å². The number of amides is 2. The largest absolute Gasteiger partial charge is 0.349 e. The molecule has 0 aliphatic carbocycles. The van der Waals surface area contributed by atoms with Crippen molar-refractivity contribution in [2.75, 3.05) is 6.54 Å². The quantitative estimate of drug-likeness (QED) is 0.734. The lowest BCUT2D eigenvalue weighted by atomic mass is 9.99. The van der Waals surface area contributed by atoms with Gasteiger partial charge in [-0.2, -0.15) is 0 Å². The van der Waals surface area contributed by atoms with Crippen molar-refractivity contribution in [2.45, 2.75) is 25.9 Å². The highest BCUT2D eigenvalue weighted by atomic mass is 16.2. The summed E-state index contributed by atoms with van der Waals surface area (Å²) in [6, 6.07) is 24.1. The Morgan fingerprint density at radius 1 is 1.04 bits per heavy atom. The molecule has 1 aliphatic heterocycles. The van der Waals surface area contributed by atoms with E-state index in [4.69, 9.17) is 0 Å². The molecule has 1 fully saturated rings. The molecule has 1 N–H and O–H groups in total. The molecule has 142 valence electrons. The van der Waals surface area contributed by atoms with Crippen molar-refractivity contribution in [1.82, 2.24) is 10.2 Å². The minimum absolute atomic E-state index is 0.0433. The number of rotatable bonds is 5. The average molecular weight is 372 g/mol. The van der Waals surface area contributed by atoms with Gasteiger partial charge in [-0.1, -0.05) is 72.8 Å². The minimum Gasteiger partial charge on any atom is -0.349 e. The Labute approximate surface area is 165 Å². The van der Waals surface area contributed by atoms with E-state index in [1.165, 1.54) is 0 Å². The van der Waals surface area contributed by atoms with E-state index in [2.05, 4.69) is 29.6 Å². The fourth-order valence-corrected chi connectivity index (χ4v) is 3.94. The van der Waals surface area contributed by atoms with Crippen molar-refractivity contribution in [3.05, 3.63) is 83.9 Å². The second kappa shape index (κ2) is 7.85. The lowest BCUT2D eigenvalue weighted by Gasteiger charge is -2.20. The fraction of sp³-hybridized carbons (Fsp3) is 0.250. The van der Waals surface area contributed by atoms with E-state index in [0.717, 1.165) is 21.9 Å². The van der Waals surface area contributed by atoms with Gasteiger partial charge in [-0.25, -0.2) is 0 Å². The topological polar surface area (TPSA) is 49.4 Å². The van der Waals surface area contributed by atoms with Crippen molar-refractivity contribution in [1.29, 1.82) is 0 Å². The Morgan fingerprint density at radius 2 is 1.75 bits per heavy atom. The third kappa shape index (κ3) is 3.77. The second-order valence-electron chi connectivity index (χ2n) is 7.46. The van der Waals surface area contributed by atoms with Crippen LogP contribution < -0.4 is 5.32 Å². The van der Waals surface area contributed by atoms with Gasteiger partial charge < -0.3 is 10.2 Å². The highest BCUT2D eigenvalue weighted by Crippen LogP contribution is 2.26. The summed E-state index contributed by atoms with van der Waals surface area (Å²) in [5.74, 6) is -0.306. The normalized spacial score (nSPS) is 17.7. The Hall–Kier alpha value is -3.14. The highest BCUT2D eigenvalue weighted by Gasteiger charge is 2.34. The maximum absolute atomic E-state index is 12.8. The Kier molecular flexibility index (Phi) is 5.11. The molecule has 0 saturated carbocycles. The summed E-state index contributed by atoms with van der Waals surface area (Å²) in [6.07, 6.45) is 0.279. The zero-order valence-electron chi connectivity index (χ0n) is 16.0. The van der Waals surface area contributed by atoms with E-state index in [1.54, 1.807) is 4.90 Å². The molecule has 1 aliphatic rings. The van der Waals surface area contributed by atoms with E-state index < -0.39 is 0 Å². The van der Waals surface area contributed by atoms with Crippen molar-refractivity contribution in [2.24, 2.45) is 5.92 Å². The molecule has 2 atom stereocenters. The number of nitrogens with one attached hydrogen (secondary N) is 1. The van der Waals surface area contributed by atoms with Gasteiger partial charge >= 0.3 is 0 Å². The molecular formula is C24H24N2O2. The van der Waals surface area contributed by atoms with Crippen LogP contribution in [0.5, 0.6) is 0 Å². The van der Waals surface area contributed by atoms with E-state index >= 15 is 0 Å². The van der Waals surface area contributed by atoms with Gasteiger partial charge in [-0.05, 0) is 28.8 Å². The molecule has 4 nitrogen and oxygen atoms in total. The van der Waals surface area contributed by atoms with E-state index in [-0.39, 0.29) is 30.2 Å². The van der Waals surface area contributed by atoms with Crippen LogP contribution in [0.2, 0.25) is 0 Å². The predicted octanol–water partition coefficient (Wildman–Crippen LogP) is 4.07. The summed E-state index contributed by atoms with van der Waals surface area (Å²) in [4.78, 5) is 27.0. The molecule has 0 aromatic heterocycles. The monoisotopic (exact) mass is 372 g/mol. The molecule has 0 radical (unpaired) electrons. The number of likely N-dealkylation sites (tertiary alicyclic amines) is 1. The third-order valence-corrected chi connectivity index (χ3v) is 5.45. The maximum Gasteiger partial charge on any atom is 0.225 e. The van der Waals surface area contributed by atoms with E-state index in [0.29, 0.717) is 13.1 Å². The van der Waals surface area contributed by atoms with Crippen molar-refractivity contribution < 1.29 is 9.59 Å². The van der Waals surface area contributed by atoms with Crippen molar-refractivity contribution in [3.63, 3.8) is 0 Å². The molecule has 1 heterocycles. The number of hydrogen-bond acceptors (Lipinski definition) is 2. The third-order valence-electron chi connectivity index (χ3n) is 5.45. The van der Waals surface area contributed by atoms with Gasteiger partial charge in [0.15, 0.2) is 0 Å². The molecule has 2 amide bonds. The summed E-state index contributed by atoms with van der Waals surface area (Å²) in [7, 11) is 0. The molecule has 0 spiro atoms. The zero-order chi connectivity index (χ0) is 19.5. The maximum atomic E-state index is 12.8. The van der Waals surface area contributed by atoms with Gasteiger partial charge in [0.2, 0.25) is 11.8 Å². The van der Waals surface area contributed by atoms with Gasteiger partial charge in [0, 0.05) is 19.5 Å². The Bertz CT molecular complexity index is 994. The standard InChI is InChI=1S/C24H24N2O2/c1-17(21-13-7-11-19-10-5-6-12-22(19)21)25-24(28)20-14-23(27)26(16-20)15-18-8-3-2-4-9-18/h2-13,17,20H,14-16H2,1H3,(H,25,28)/t17-,20-/m1/s1. The second-order valence-corrected chi connectivity index (χ2v) is 7.46. The van der Waals surface area contributed by atoms with Crippen LogP contribution >= 0.6 is 0 Å². The molecule has 0 unspecified atom stereocenters. The van der Waals surface area contributed by atoms with Crippen LogP contribution in [0.25, 0.3) is 10.8 Å². The zero-order valence-corrected chi connectivity index (χ0v) is 16.0. The van der Waals surface area contributed by atoms with Crippen LogP contribution in [0.4, 0.5) is 0 Å². The van der Waals surface area contributed by atoms with Crippen LogP contribution in [0, 0.1) is 5.92 Å². The summed E-state index contributed by atoms with van der Waals surface area (Å²) < 4.78 is 0. The number of carbonyl (C=O) groups excluding carboxylic acids is 2. The van der Waals surface area contributed by atoms with Crippen molar-refractivity contribution in [3.8, 4) is 0 Å². The molecule has 4 heteroatoms. The first-order valence-electron chi connectivity index (χ1n) is 9.71. The lowest BCUT2D eigenvalue weighted by molar-refractivity contribution is -0.129. The van der Waals surface area contributed by atoms with Gasteiger partial charge in [0.1, 0.15) is 0 Å². The Balaban J connectivity index is 1.43. The van der Waals surface area contributed by atoms with Crippen LogP contribution in [0.1, 0.15) is 30.5 Å². The van der Waals surface area contributed by atoms with Crippen LogP contribution in [0.3, 0.4) is 0 Å². The number of hydrogen-bond donors (Lipinski definition) is 1. The van der Waals surface area contributed by atoms with Gasteiger partial charge in [-0.3, -0.25) is 9.59 Å². The molecule has 3 aromatic rings. The minimum atomic E-state index is -0.298. The predicted molar refractivity (Wildman–Crippen MR) is 110 cm³/mol. The lowest BCUT2D eigenvalue weighted by Crippen LogP contribution is -2.34. The van der Waals surface area contributed by atoms with Crippen molar-refractivity contribution >= 4 is 22.6 Å². The van der Waals surface area contributed by atoms with Crippen LogP contribution in [-0.4, -0.2) is 23.3 Å². The molecule has 0 bridgehead atoms. The summed E-state index contributed by atoms with van der Waals surface area (Å²) in [5.41, 5.74) is 2.18. The van der Waals surface area contributed by atoms with E-state index in [9.17, 15) is 9.59 Å². The Morgan fingerprint density at radius 3 is 2.57 bits per heavy atom. The SMILES string of the molecule is C[C@@H](NC(=O)[C@@H]1CC(=O)N(Cc2ccccc2)C1)c1cccc2ccccc12. The first-order chi connectivity index (χ1) is 13.6. The molecule has 28 heavy (non-hydrogen) atoms. The molecular weight excluding hydrogens is 348 g/mol. The first kappa shape index (κ1) is 18.2. The number of benzene rings is 3. The van der Waals surface area contributed by atoms with Gasteiger partial charge in [0.25, 0.3) is 0 Å². The first-order valence-corrected chi connectivity index (χ1v) is 9.71. The summed E-state index contributed by atoms with van der Waals surface area (Å²) in [5, 5.41) is 5.42. The number of carbonyl (C=O) groups is 2. The fourth-order valence-electron chi connectivity index (χ4n) is 3.94. The van der Waals surface area contributed by atoms with Gasteiger partial charge in [-0.15, -0.1) is 0 Å². The number of nitrogens with zero attached hydrogens (tertiary/aromatic N) is 1. The number of fused-ring (bicyclic) bond motifs is 1. The molecule has 4 rings (SSSR count). The average Bonchev–Trinajstić information content (AvgIpc) is 3.09. The van der Waals surface area contributed by atoms with E-state index in [1.807, 2.05) is 55.5 Å². The summed E-state index contributed by atoms with van der Waals surface area (Å²) in [6.45, 7) is 3.03.